The van der Waals surface area contributed by atoms with Crippen molar-refractivity contribution in [1.29, 1.82) is 0 Å². The topological polar surface area (TPSA) is 55.1 Å². The van der Waals surface area contributed by atoms with E-state index in [9.17, 15) is 9.18 Å². The molecular weight excluding hydrogens is 275 g/mol. The van der Waals surface area contributed by atoms with Gasteiger partial charge < -0.3 is 11.1 Å². The first-order valence-electron chi connectivity index (χ1n) is 6.93. The van der Waals surface area contributed by atoms with E-state index in [-0.39, 0.29) is 17.3 Å². The van der Waals surface area contributed by atoms with Gasteiger partial charge in [-0.2, -0.15) is 0 Å². The summed E-state index contributed by atoms with van der Waals surface area (Å²) < 4.78 is 13.4. The van der Waals surface area contributed by atoms with E-state index < -0.39 is 0 Å². The summed E-state index contributed by atoms with van der Waals surface area (Å²) in [4.78, 5) is 12.3. The minimum absolute atomic E-state index is 0.0365. The van der Waals surface area contributed by atoms with Crippen molar-refractivity contribution in [3.8, 4) is 0 Å². The zero-order chi connectivity index (χ0) is 15.0. The molecular formula is C15H23FN2OS. The van der Waals surface area contributed by atoms with Crippen LogP contribution in [0.15, 0.2) is 29.2 Å². The van der Waals surface area contributed by atoms with Crippen molar-refractivity contribution < 1.29 is 9.18 Å². The molecule has 3 nitrogen and oxygen atoms in total. The number of carbonyl (C=O) groups is 1. The summed E-state index contributed by atoms with van der Waals surface area (Å²) in [5.74, 6) is 0.282. The maximum atomic E-state index is 13.4. The van der Waals surface area contributed by atoms with Crippen molar-refractivity contribution in [2.24, 2.45) is 5.73 Å². The molecule has 1 rings (SSSR count). The van der Waals surface area contributed by atoms with E-state index in [4.69, 9.17) is 5.73 Å². The molecule has 0 saturated carbocycles. The lowest BCUT2D eigenvalue weighted by Gasteiger charge is -2.26. The van der Waals surface area contributed by atoms with Crippen molar-refractivity contribution in [3.05, 3.63) is 30.1 Å². The van der Waals surface area contributed by atoms with Crippen LogP contribution in [0.1, 0.15) is 33.1 Å². The molecule has 1 aromatic carbocycles. The zero-order valence-electron chi connectivity index (χ0n) is 12.1. The number of benzene rings is 1. The van der Waals surface area contributed by atoms with Crippen LogP contribution in [0.25, 0.3) is 0 Å². The van der Waals surface area contributed by atoms with Crippen LogP contribution in [0, 0.1) is 5.82 Å². The normalized spacial score (nSPS) is 11.4. The number of nitrogens with two attached hydrogens (primary N) is 1. The van der Waals surface area contributed by atoms with Crippen LogP contribution in [0.5, 0.6) is 0 Å². The molecule has 0 aromatic heterocycles. The molecule has 0 aliphatic rings. The third kappa shape index (κ3) is 5.51. The molecule has 0 radical (unpaired) electrons. The molecule has 0 aliphatic heterocycles. The Kier molecular flexibility index (Phi) is 7.02. The molecule has 0 atom stereocenters. The molecule has 112 valence electrons. The Bertz CT molecular complexity index is 436. The van der Waals surface area contributed by atoms with Crippen LogP contribution in [-0.4, -0.2) is 23.7 Å². The summed E-state index contributed by atoms with van der Waals surface area (Å²) in [5.41, 5.74) is 5.79. The molecule has 5 heteroatoms. The molecule has 1 aromatic rings. The van der Waals surface area contributed by atoms with Crippen LogP contribution in [0.3, 0.4) is 0 Å². The van der Waals surface area contributed by atoms with Crippen LogP contribution in [0.2, 0.25) is 0 Å². The van der Waals surface area contributed by atoms with E-state index in [1.54, 1.807) is 18.2 Å². The molecule has 0 aliphatic carbocycles. The highest BCUT2D eigenvalue weighted by Crippen LogP contribution is 2.21. The fourth-order valence-electron chi connectivity index (χ4n) is 1.68. The van der Waals surface area contributed by atoms with Gasteiger partial charge in [0.15, 0.2) is 0 Å². The van der Waals surface area contributed by atoms with Gasteiger partial charge in [-0.1, -0.05) is 26.0 Å². The maximum absolute atomic E-state index is 13.4. The largest absolute Gasteiger partial charge is 0.354 e. The Morgan fingerprint density at radius 1 is 1.35 bits per heavy atom. The third-order valence-electron chi connectivity index (χ3n) is 3.47. The van der Waals surface area contributed by atoms with Crippen molar-refractivity contribution in [3.63, 3.8) is 0 Å². The van der Waals surface area contributed by atoms with Gasteiger partial charge in [-0.3, -0.25) is 4.79 Å². The quantitative estimate of drug-likeness (QED) is 0.726. The molecule has 3 N–H and O–H groups in total. The summed E-state index contributed by atoms with van der Waals surface area (Å²) in [7, 11) is 0. The van der Waals surface area contributed by atoms with Crippen LogP contribution < -0.4 is 11.1 Å². The highest BCUT2D eigenvalue weighted by Gasteiger charge is 2.20. The Morgan fingerprint density at radius 3 is 2.60 bits per heavy atom. The number of thioether (sulfide) groups is 1. The first-order valence-corrected chi connectivity index (χ1v) is 7.92. The molecule has 0 heterocycles. The lowest BCUT2D eigenvalue weighted by atomic mass is 9.94. The second kappa shape index (κ2) is 8.27. The molecule has 0 bridgehead atoms. The van der Waals surface area contributed by atoms with Crippen molar-refractivity contribution >= 4 is 17.7 Å². The molecule has 20 heavy (non-hydrogen) atoms. The van der Waals surface area contributed by atoms with Gasteiger partial charge in [0, 0.05) is 29.2 Å². The number of hydrogen-bond donors (Lipinski definition) is 2. The average Bonchev–Trinajstić information content (AvgIpc) is 2.47. The van der Waals surface area contributed by atoms with E-state index in [1.165, 1.54) is 17.8 Å². The van der Waals surface area contributed by atoms with Gasteiger partial charge in [-0.25, -0.2) is 4.39 Å². The van der Waals surface area contributed by atoms with Gasteiger partial charge in [0.2, 0.25) is 5.91 Å². The highest BCUT2D eigenvalue weighted by atomic mass is 32.2. The summed E-state index contributed by atoms with van der Waals surface area (Å²) in [5, 5.41) is 2.85. The maximum Gasteiger partial charge on any atom is 0.220 e. The summed E-state index contributed by atoms with van der Waals surface area (Å²) in [6.07, 6.45) is 2.02. The van der Waals surface area contributed by atoms with Crippen LogP contribution in [0.4, 0.5) is 4.39 Å². The predicted octanol–water partition coefficient (Wildman–Crippen LogP) is 2.94. The number of hydrogen-bond acceptors (Lipinski definition) is 3. The third-order valence-corrected chi connectivity index (χ3v) is 4.52. The Labute approximate surface area is 124 Å². The number of carbonyl (C=O) groups excluding carboxylic acids is 1. The van der Waals surface area contributed by atoms with Gasteiger partial charge in [-0.05, 0) is 25.0 Å². The summed E-state index contributed by atoms with van der Waals surface area (Å²) in [6.45, 7) is 4.52. The van der Waals surface area contributed by atoms with E-state index in [2.05, 4.69) is 5.32 Å². The SMILES string of the molecule is CCC(N)(CC)CNC(=O)CCSc1ccccc1F. The zero-order valence-corrected chi connectivity index (χ0v) is 12.9. The monoisotopic (exact) mass is 298 g/mol. The van der Waals surface area contributed by atoms with Crippen LogP contribution in [-0.2, 0) is 4.79 Å². The average molecular weight is 298 g/mol. The van der Waals surface area contributed by atoms with E-state index in [1.807, 2.05) is 13.8 Å². The fraction of sp³-hybridized carbons (Fsp3) is 0.533. The van der Waals surface area contributed by atoms with E-state index in [0.29, 0.717) is 23.6 Å². The number of amides is 1. The van der Waals surface area contributed by atoms with Gasteiger partial charge in [0.1, 0.15) is 5.82 Å². The first kappa shape index (κ1) is 17.0. The van der Waals surface area contributed by atoms with Gasteiger partial charge in [0.25, 0.3) is 0 Å². The van der Waals surface area contributed by atoms with Crippen LogP contribution >= 0.6 is 11.8 Å². The second-order valence-corrected chi connectivity index (χ2v) is 6.01. The lowest BCUT2D eigenvalue weighted by Crippen LogP contribution is -2.49. The molecule has 0 unspecified atom stereocenters. The summed E-state index contributed by atoms with van der Waals surface area (Å²) in [6, 6.07) is 6.59. The fourth-order valence-corrected chi connectivity index (χ4v) is 2.57. The van der Waals surface area contributed by atoms with Gasteiger partial charge in [0.05, 0.1) is 0 Å². The molecule has 0 saturated heterocycles. The van der Waals surface area contributed by atoms with Crippen molar-refractivity contribution in [1.82, 2.24) is 5.32 Å². The first-order chi connectivity index (χ1) is 9.50. The predicted molar refractivity (Wildman–Crippen MR) is 82.3 cm³/mol. The minimum atomic E-state index is -0.325. The standard InChI is InChI=1S/C15H23FN2OS/c1-3-15(17,4-2)11-18-14(19)9-10-20-13-8-6-5-7-12(13)16/h5-8H,3-4,9-11,17H2,1-2H3,(H,18,19). The number of nitrogens with one attached hydrogen (secondary N) is 1. The molecule has 0 fully saturated rings. The number of halogens is 1. The number of rotatable bonds is 8. The Hall–Kier alpha value is -1.07. The summed E-state index contributed by atoms with van der Waals surface area (Å²) >= 11 is 1.35. The van der Waals surface area contributed by atoms with E-state index >= 15 is 0 Å². The molecule has 0 spiro atoms. The van der Waals surface area contributed by atoms with Gasteiger partial charge in [-0.15, -0.1) is 11.8 Å². The molecule has 1 amide bonds. The smallest absolute Gasteiger partial charge is 0.220 e. The van der Waals surface area contributed by atoms with E-state index in [0.717, 1.165) is 12.8 Å². The highest BCUT2D eigenvalue weighted by molar-refractivity contribution is 7.99. The lowest BCUT2D eigenvalue weighted by molar-refractivity contribution is -0.120. The Balaban J connectivity index is 2.29. The Morgan fingerprint density at radius 2 is 2.00 bits per heavy atom. The van der Waals surface area contributed by atoms with Crippen molar-refractivity contribution in [2.75, 3.05) is 12.3 Å². The second-order valence-electron chi connectivity index (χ2n) is 4.88. The van der Waals surface area contributed by atoms with Gasteiger partial charge >= 0.3 is 0 Å². The minimum Gasteiger partial charge on any atom is -0.354 e. The van der Waals surface area contributed by atoms with Crippen molar-refractivity contribution in [2.45, 2.75) is 43.5 Å².